The van der Waals surface area contributed by atoms with Crippen LogP contribution in [0, 0.1) is 29.6 Å². The summed E-state index contributed by atoms with van der Waals surface area (Å²) in [5, 5.41) is 10.2. The van der Waals surface area contributed by atoms with Crippen molar-refractivity contribution in [1.29, 1.82) is 0 Å². The molecule has 3 nitrogen and oxygen atoms in total. The Balaban J connectivity index is 1.46. The summed E-state index contributed by atoms with van der Waals surface area (Å²) in [5.41, 5.74) is -0.255. The number of rotatable bonds is 3. The highest BCUT2D eigenvalue weighted by Gasteiger charge is 2.46. The lowest BCUT2D eigenvalue weighted by Gasteiger charge is -2.49. The molecule has 0 aromatic rings. The minimum Gasteiger partial charge on any atom is -0.373 e. The summed E-state index contributed by atoms with van der Waals surface area (Å²) in [6.45, 7) is 4.96. The molecule has 3 heteroatoms. The van der Waals surface area contributed by atoms with E-state index in [2.05, 4.69) is 13.8 Å². The Kier molecular flexibility index (Phi) is 5.46. The molecule has 7 atom stereocenters. The molecule has 4 fully saturated rings. The van der Waals surface area contributed by atoms with E-state index >= 15 is 0 Å². The van der Waals surface area contributed by atoms with Gasteiger partial charge in [0.15, 0.2) is 6.29 Å². The summed E-state index contributed by atoms with van der Waals surface area (Å²) in [5.74, 6) is 4.35. The van der Waals surface area contributed by atoms with Crippen LogP contribution in [-0.4, -0.2) is 29.7 Å². The van der Waals surface area contributed by atoms with Gasteiger partial charge in [-0.3, -0.25) is 0 Å². The third kappa shape index (κ3) is 3.94. The van der Waals surface area contributed by atoms with Gasteiger partial charge in [0.05, 0.1) is 12.2 Å². The molecule has 25 heavy (non-hydrogen) atoms. The highest BCUT2D eigenvalue weighted by Crippen LogP contribution is 2.52. The van der Waals surface area contributed by atoms with E-state index in [1.54, 1.807) is 0 Å². The number of hydrogen-bond donors (Lipinski definition) is 1. The van der Waals surface area contributed by atoms with Crippen LogP contribution in [0.1, 0.15) is 84.5 Å². The molecule has 1 aliphatic heterocycles. The molecule has 0 radical (unpaired) electrons. The van der Waals surface area contributed by atoms with Crippen molar-refractivity contribution in [1.82, 2.24) is 0 Å². The molecule has 0 aromatic heterocycles. The van der Waals surface area contributed by atoms with Crippen LogP contribution in [0.2, 0.25) is 0 Å². The average molecular weight is 351 g/mol. The highest BCUT2D eigenvalue weighted by atomic mass is 16.7. The zero-order valence-electron chi connectivity index (χ0n) is 16.3. The van der Waals surface area contributed by atoms with Gasteiger partial charge in [-0.15, -0.1) is 0 Å². The second-order valence-electron chi connectivity index (χ2n) is 10.0. The Morgan fingerprint density at radius 2 is 1.52 bits per heavy atom. The summed E-state index contributed by atoms with van der Waals surface area (Å²) in [7, 11) is 0. The fourth-order valence-corrected chi connectivity index (χ4v) is 6.73. The Morgan fingerprint density at radius 1 is 0.920 bits per heavy atom. The lowest BCUT2D eigenvalue weighted by atomic mass is 9.57. The molecular formula is C22H38O3. The molecule has 0 bridgehead atoms. The van der Waals surface area contributed by atoms with Gasteiger partial charge in [0, 0.05) is 6.42 Å². The lowest BCUT2D eigenvalue weighted by molar-refractivity contribution is -0.167. The van der Waals surface area contributed by atoms with Crippen molar-refractivity contribution in [2.24, 2.45) is 29.6 Å². The minimum absolute atomic E-state index is 0.136. The largest absolute Gasteiger partial charge is 0.373 e. The van der Waals surface area contributed by atoms with Gasteiger partial charge >= 0.3 is 0 Å². The van der Waals surface area contributed by atoms with E-state index in [-0.39, 0.29) is 11.7 Å². The average Bonchev–Trinajstić information content (AvgIpc) is 2.74. The zero-order valence-corrected chi connectivity index (χ0v) is 16.3. The Labute approximate surface area is 153 Å². The van der Waals surface area contributed by atoms with Gasteiger partial charge in [-0.1, -0.05) is 44.9 Å². The first kappa shape index (κ1) is 18.3. The van der Waals surface area contributed by atoms with Crippen LogP contribution < -0.4 is 0 Å². The molecule has 1 heterocycles. The molecule has 3 aliphatic carbocycles. The van der Waals surface area contributed by atoms with Crippen LogP contribution in [0.15, 0.2) is 0 Å². The van der Waals surface area contributed by atoms with Gasteiger partial charge in [-0.05, 0) is 62.7 Å². The molecule has 144 valence electrons. The van der Waals surface area contributed by atoms with Crippen LogP contribution in [0.4, 0.5) is 0 Å². The summed E-state index contributed by atoms with van der Waals surface area (Å²) in [6.07, 6.45) is 14.3. The van der Waals surface area contributed by atoms with Crippen LogP contribution in [0.3, 0.4) is 0 Å². The van der Waals surface area contributed by atoms with Crippen molar-refractivity contribution in [3.63, 3.8) is 0 Å². The van der Waals surface area contributed by atoms with Crippen LogP contribution >= 0.6 is 0 Å². The van der Waals surface area contributed by atoms with Crippen LogP contribution in [0.25, 0.3) is 0 Å². The summed E-state index contributed by atoms with van der Waals surface area (Å²) in [4.78, 5) is 0. The van der Waals surface area contributed by atoms with Crippen molar-refractivity contribution in [2.45, 2.75) is 102 Å². The van der Waals surface area contributed by atoms with Gasteiger partial charge < -0.3 is 14.6 Å². The molecule has 3 saturated carbocycles. The molecular weight excluding hydrogens is 312 g/mol. The van der Waals surface area contributed by atoms with Gasteiger partial charge in [0.1, 0.15) is 6.10 Å². The van der Waals surface area contributed by atoms with Crippen molar-refractivity contribution in [2.75, 3.05) is 6.61 Å². The van der Waals surface area contributed by atoms with E-state index in [1.165, 1.54) is 64.2 Å². The van der Waals surface area contributed by atoms with Gasteiger partial charge in [0.25, 0.3) is 0 Å². The molecule has 0 aromatic carbocycles. The zero-order chi connectivity index (χ0) is 17.4. The summed E-state index contributed by atoms with van der Waals surface area (Å²) < 4.78 is 12.0. The number of aliphatic hydroxyl groups excluding tert-OH is 1. The quantitative estimate of drug-likeness (QED) is 0.786. The van der Waals surface area contributed by atoms with Crippen molar-refractivity contribution in [3.05, 3.63) is 0 Å². The number of aliphatic hydroxyl groups is 1. The lowest BCUT2D eigenvalue weighted by Crippen LogP contribution is -2.44. The third-order valence-electron chi connectivity index (χ3n) is 7.84. The van der Waals surface area contributed by atoms with E-state index in [9.17, 15) is 5.11 Å². The van der Waals surface area contributed by atoms with Crippen molar-refractivity contribution < 1.29 is 14.6 Å². The van der Waals surface area contributed by atoms with Crippen molar-refractivity contribution >= 4 is 0 Å². The number of ether oxygens (including phenoxy) is 2. The smallest absolute Gasteiger partial charge is 0.181 e. The maximum atomic E-state index is 10.2. The SMILES string of the molecule is CC1(C)CC(OCC2C3CCCCCC3CC3CCCCC32)C(O)O1. The molecule has 4 rings (SSSR count). The maximum absolute atomic E-state index is 10.2. The minimum atomic E-state index is -0.745. The Morgan fingerprint density at radius 3 is 2.16 bits per heavy atom. The molecule has 1 N–H and O–H groups in total. The van der Waals surface area contributed by atoms with Crippen LogP contribution in [-0.2, 0) is 9.47 Å². The van der Waals surface area contributed by atoms with E-state index < -0.39 is 6.29 Å². The number of fused-ring (bicyclic) bond motifs is 2. The monoisotopic (exact) mass is 350 g/mol. The molecule has 4 aliphatic rings. The Hall–Kier alpha value is -0.120. The van der Waals surface area contributed by atoms with E-state index in [0.29, 0.717) is 0 Å². The first-order valence-corrected chi connectivity index (χ1v) is 11.0. The predicted molar refractivity (Wildman–Crippen MR) is 99.1 cm³/mol. The topological polar surface area (TPSA) is 38.7 Å². The normalized spacial score (nSPS) is 46.9. The van der Waals surface area contributed by atoms with Gasteiger partial charge in [-0.2, -0.15) is 0 Å². The first-order chi connectivity index (χ1) is 12.0. The first-order valence-electron chi connectivity index (χ1n) is 11.0. The van der Waals surface area contributed by atoms with Crippen molar-refractivity contribution in [3.8, 4) is 0 Å². The van der Waals surface area contributed by atoms with Crippen LogP contribution in [0.5, 0.6) is 0 Å². The van der Waals surface area contributed by atoms with Gasteiger partial charge in [-0.25, -0.2) is 0 Å². The predicted octanol–water partition coefficient (Wildman–Crippen LogP) is 4.91. The molecule has 0 spiro atoms. The van der Waals surface area contributed by atoms with E-state index in [0.717, 1.165) is 42.6 Å². The maximum Gasteiger partial charge on any atom is 0.181 e. The molecule has 7 unspecified atom stereocenters. The summed E-state index contributed by atoms with van der Waals surface area (Å²) >= 11 is 0. The second-order valence-corrected chi connectivity index (χ2v) is 10.0. The fraction of sp³-hybridized carbons (Fsp3) is 1.00. The summed E-state index contributed by atoms with van der Waals surface area (Å²) in [6, 6.07) is 0. The highest BCUT2D eigenvalue weighted by molar-refractivity contribution is 4.95. The van der Waals surface area contributed by atoms with Gasteiger partial charge in [0.2, 0.25) is 0 Å². The molecule has 1 saturated heterocycles. The standard InChI is InChI=1S/C22H38O3/c1-22(2)13-20(21(23)25-22)24-14-19-17-10-5-3-4-8-15(17)12-16-9-6-7-11-18(16)19/h15-21,23H,3-14H2,1-2H3. The second kappa shape index (κ2) is 7.48. The Bertz CT molecular complexity index is 449. The number of hydrogen-bond acceptors (Lipinski definition) is 3. The third-order valence-corrected chi connectivity index (χ3v) is 7.84. The molecule has 0 amide bonds. The van der Waals surface area contributed by atoms with E-state index in [1.807, 2.05) is 0 Å². The fourth-order valence-electron chi connectivity index (χ4n) is 6.73. The van der Waals surface area contributed by atoms with E-state index in [4.69, 9.17) is 9.47 Å².